The fourth-order valence-electron chi connectivity index (χ4n) is 1.82. The van der Waals surface area contributed by atoms with Crippen LogP contribution >= 0.6 is 22.6 Å². The lowest BCUT2D eigenvalue weighted by atomic mass is 10.2. The minimum atomic E-state index is -1.31. The summed E-state index contributed by atoms with van der Waals surface area (Å²) in [6.07, 6.45) is 7.38. The van der Waals surface area contributed by atoms with Gasteiger partial charge in [0.1, 0.15) is 0 Å². The molecule has 0 amide bonds. The molecule has 1 nitrogen and oxygen atoms in total. The maximum absolute atomic E-state index is 6.20. The van der Waals surface area contributed by atoms with Crippen molar-refractivity contribution in [1.82, 2.24) is 0 Å². The zero-order valence-electron chi connectivity index (χ0n) is 8.98. The standard InChI is InChI=1S/C10H21IOSi/c1-13(2,3)12-10-8-6-4-5-7-9(10)11/h9-10H,4-8H2,1-3H3. The highest BCUT2D eigenvalue weighted by Gasteiger charge is 2.27. The molecule has 0 aromatic heterocycles. The molecular weight excluding hydrogens is 291 g/mol. The lowest BCUT2D eigenvalue weighted by molar-refractivity contribution is 0.187. The largest absolute Gasteiger partial charge is 0.414 e. The van der Waals surface area contributed by atoms with Crippen molar-refractivity contribution >= 4 is 30.9 Å². The molecule has 78 valence electrons. The minimum Gasteiger partial charge on any atom is -0.414 e. The smallest absolute Gasteiger partial charge is 0.184 e. The van der Waals surface area contributed by atoms with Crippen LogP contribution < -0.4 is 0 Å². The van der Waals surface area contributed by atoms with E-state index >= 15 is 0 Å². The predicted octanol–water partition coefficient (Wildman–Crippen LogP) is 3.97. The van der Waals surface area contributed by atoms with Crippen molar-refractivity contribution in [3.8, 4) is 0 Å². The van der Waals surface area contributed by atoms with Gasteiger partial charge in [-0.3, -0.25) is 0 Å². The molecule has 2 unspecified atom stereocenters. The van der Waals surface area contributed by atoms with E-state index in [0.717, 1.165) is 3.92 Å². The third kappa shape index (κ3) is 4.79. The summed E-state index contributed by atoms with van der Waals surface area (Å²) in [5, 5.41) is 0. The molecular formula is C10H21IOSi. The van der Waals surface area contributed by atoms with Crippen LogP contribution in [0.5, 0.6) is 0 Å². The van der Waals surface area contributed by atoms with E-state index in [1.54, 1.807) is 0 Å². The van der Waals surface area contributed by atoms with Gasteiger partial charge in [0.25, 0.3) is 0 Å². The normalized spacial score (nSPS) is 31.4. The van der Waals surface area contributed by atoms with Crippen LogP contribution in [0.1, 0.15) is 32.1 Å². The summed E-state index contributed by atoms with van der Waals surface area (Å²) >= 11 is 2.58. The molecule has 13 heavy (non-hydrogen) atoms. The number of hydrogen-bond donors (Lipinski definition) is 0. The van der Waals surface area contributed by atoms with Gasteiger partial charge in [0.15, 0.2) is 8.32 Å². The molecule has 1 rings (SSSR count). The summed E-state index contributed by atoms with van der Waals surface area (Å²) in [4.78, 5) is 0. The van der Waals surface area contributed by atoms with Crippen molar-refractivity contribution in [2.24, 2.45) is 0 Å². The molecule has 2 atom stereocenters. The first-order valence-corrected chi connectivity index (χ1v) is 9.96. The molecule has 1 aliphatic rings. The van der Waals surface area contributed by atoms with Crippen LogP contribution in [0.25, 0.3) is 0 Å². The molecule has 0 N–H and O–H groups in total. The van der Waals surface area contributed by atoms with E-state index in [1.165, 1.54) is 32.1 Å². The molecule has 0 bridgehead atoms. The zero-order valence-corrected chi connectivity index (χ0v) is 12.1. The predicted molar refractivity (Wildman–Crippen MR) is 69.1 cm³/mol. The molecule has 1 fully saturated rings. The van der Waals surface area contributed by atoms with Crippen molar-refractivity contribution < 1.29 is 4.43 Å². The highest BCUT2D eigenvalue weighted by molar-refractivity contribution is 14.1. The Labute approximate surface area is 96.9 Å². The Balaban J connectivity index is 2.45. The van der Waals surface area contributed by atoms with Gasteiger partial charge in [0, 0.05) is 3.92 Å². The van der Waals surface area contributed by atoms with E-state index in [0.29, 0.717) is 6.10 Å². The Bertz CT molecular complexity index is 155. The molecule has 0 aromatic carbocycles. The topological polar surface area (TPSA) is 9.23 Å². The van der Waals surface area contributed by atoms with Crippen LogP contribution in [-0.2, 0) is 4.43 Å². The van der Waals surface area contributed by atoms with E-state index in [2.05, 4.69) is 42.2 Å². The van der Waals surface area contributed by atoms with Crippen molar-refractivity contribution in [2.45, 2.75) is 61.8 Å². The molecule has 0 radical (unpaired) electrons. The summed E-state index contributed by atoms with van der Waals surface area (Å²) in [6.45, 7) is 6.88. The Morgan fingerprint density at radius 2 is 1.69 bits per heavy atom. The molecule has 1 aliphatic carbocycles. The molecule has 3 heteroatoms. The van der Waals surface area contributed by atoms with Gasteiger partial charge in [-0.05, 0) is 32.5 Å². The summed E-state index contributed by atoms with van der Waals surface area (Å²) < 4.78 is 6.96. The molecule has 0 saturated heterocycles. The fraction of sp³-hybridized carbons (Fsp3) is 1.00. The second-order valence-electron chi connectivity index (χ2n) is 4.92. The minimum absolute atomic E-state index is 0.551. The Morgan fingerprint density at radius 1 is 1.08 bits per heavy atom. The van der Waals surface area contributed by atoms with Crippen LogP contribution in [-0.4, -0.2) is 18.3 Å². The van der Waals surface area contributed by atoms with Gasteiger partial charge in [-0.2, -0.15) is 0 Å². The van der Waals surface area contributed by atoms with Crippen molar-refractivity contribution in [1.29, 1.82) is 0 Å². The van der Waals surface area contributed by atoms with E-state index in [4.69, 9.17) is 4.43 Å². The Morgan fingerprint density at radius 3 is 2.31 bits per heavy atom. The number of halogens is 1. The molecule has 0 aliphatic heterocycles. The average molecular weight is 312 g/mol. The number of alkyl halides is 1. The monoisotopic (exact) mass is 312 g/mol. The molecule has 1 saturated carbocycles. The van der Waals surface area contributed by atoms with Gasteiger partial charge in [-0.1, -0.05) is 41.9 Å². The van der Waals surface area contributed by atoms with Gasteiger partial charge >= 0.3 is 0 Å². The highest BCUT2D eigenvalue weighted by atomic mass is 127. The van der Waals surface area contributed by atoms with Crippen LogP contribution in [0.15, 0.2) is 0 Å². The van der Waals surface area contributed by atoms with E-state index in [1.807, 2.05) is 0 Å². The molecule has 0 heterocycles. The SMILES string of the molecule is C[Si](C)(C)OC1CCCCCC1I. The lowest BCUT2D eigenvalue weighted by Crippen LogP contribution is -2.36. The molecule has 0 spiro atoms. The van der Waals surface area contributed by atoms with Crippen LogP contribution in [0, 0.1) is 0 Å². The average Bonchev–Trinajstić information content (AvgIpc) is 2.14. The third-order valence-electron chi connectivity index (χ3n) is 2.38. The van der Waals surface area contributed by atoms with Gasteiger partial charge in [0.05, 0.1) is 6.10 Å². The van der Waals surface area contributed by atoms with Crippen LogP contribution in [0.4, 0.5) is 0 Å². The first-order chi connectivity index (χ1) is 5.99. The van der Waals surface area contributed by atoms with Gasteiger partial charge < -0.3 is 4.43 Å². The fourth-order valence-corrected chi connectivity index (χ4v) is 4.23. The number of hydrogen-bond acceptors (Lipinski definition) is 1. The van der Waals surface area contributed by atoms with Crippen molar-refractivity contribution in [3.05, 3.63) is 0 Å². The Hall–Kier alpha value is 0.907. The summed E-state index contributed by atoms with van der Waals surface area (Å²) in [6, 6.07) is 0. The first kappa shape index (κ1) is 12.0. The summed E-state index contributed by atoms with van der Waals surface area (Å²) in [7, 11) is -1.31. The lowest BCUT2D eigenvalue weighted by Gasteiger charge is -2.28. The zero-order chi connectivity index (χ0) is 9.90. The van der Waals surface area contributed by atoms with Gasteiger partial charge in [0.2, 0.25) is 0 Å². The quantitative estimate of drug-likeness (QED) is 0.324. The van der Waals surface area contributed by atoms with Gasteiger partial charge in [-0.15, -0.1) is 0 Å². The highest BCUT2D eigenvalue weighted by Crippen LogP contribution is 2.28. The Kier molecular flexibility index (Phi) is 4.72. The maximum Gasteiger partial charge on any atom is 0.184 e. The summed E-state index contributed by atoms with van der Waals surface area (Å²) in [5.41, 5.74) is 0. The molecule has 0 aromatic rings. The maximum atomic E-state index is 6.20. The van der Waals surface area contributed by atoms with Crippen molar-refractivity contribution in [2.75, 3.05) is 0 Å². The summed E-state index contributed by atoms with van der Waals surface area (Å²) in [5.74, 6) is 0. The third-order valence-corrected chi connectivity index (χ3v) is 4.81. The van der Waals surface area contributed by atoms with Crippen molar-refractivity contribution in [3.63, 3.8) is 0 Å². The van der Waals surface area contributed by atoms with E-state index in [9.17, 15) is 0 Å². The van der Waals surface area contributed by atoms with E-state index in [-0.39, 0.29) is 0 Å². The van der Waals surface area contributed by atoms with Crippen LogP contribution in [0.2, 0.25) is 19.6 Å². The van der Waals surface area contributed by atoms with Gasteiger partial charge in [-0.25, -0.2) is 0 Å². The van der Waals surface area contributed by atoms with Crippen LogP contribution in [0.3, 0.4) is 0 Å². The second kappa shape index (κ2) is 5.12. The number of rotatable bonds is 2. The second-order valence-corrected chi connectivity index (χ2v) is 11.0. The van der Waals surface area contributed by atoms with E-state index < -0.39 is 8.32 Å². The first-order valence-electron chi connectivity index (χ1n) is 5.31.